The molecule has 1 aliphatic rings. The molecule has 1 atom stereocenters. The quantitative estimate of drug-likeness (QED) is 0.783. The van der Waals surface area contributed by atoms with Crippen molar-refractivity contribution in [1.29, 1.82) is 0 Å². The molecule has 0 aromatic carbocycles. The highest BCUT2D eigenvalue weighted by Gasteiger charge is 2.23. The second-order valence-corrected chi connectivity index (χ2v) is 4.17. The van der Waals surface area contributed by atoms with Crippen LogP contribution in [0.4, 0.5) is 0 Å². The number of nitrogens with zero attached hydrogens (tertiary/aromatic N) is 1. The van der Waals surface area contributed by atoms with Crippen molar-refractivity contribution in [3.63, 3.8) is 0 Å². The molecule has 2 N–H and O–H groups in total. The largest absolute Gasteiger partial charge is 0.378 e. The molecule has 0 aliphatic carbocycles. The summed E-state index contributed by atoms with van der Waals surface area (Å²) >= 11 is 0. The Morgan fingerprint density at radius 1 is 1.40 bits per heavy atom. The number of amides is 1. The lowest BCUT2D eigenvalue weighted by molar-refractivity contribution is -0.137. The number of rotatable bonds is 3. The Hall–Kier alpha value is -0.320. The van der Waals surface area contributed by atoms with E-state index in [9.17, 15) is 4.79 Å². The highest BCUT2D eigenvalue weighted by molar-refractivity contribution is 5.85. The Labute approximate surface area is 97.5 Å². The van der Waals surface area contributed by atoms with Crippen LogP contribution in [-0.4, -0.2) is 43.2 Å². The molecule has 1 fully saturated rings. The standard InChI is InChI=1S/C10H20N2O2.ClH/c1-8(2)7-9(11)10(13)12-3-5-14-6-4-12;/h8-9H,3-7,11H2,1-2H3;1H. The van der Waals surface area contributed by atoms with Crippen LogP contribution in [0.2, 0.25) is 0 Å². The van der Waals surface area contributed by atoms with Gasteiger partial charge in [-0.05, 0) is 12.3 Å². The summed E-state index contributed by atoms with van der Waals surface area (Å²) in [6, 6.07) is -0.340. The van der Waals surface area contributed by atoms with Gasteiger partial charge in [-0.25, -0.2) is 0 Å². The average Bonchev–Trinajstić information content (AvgIpc) is 2.17. The number of ether oxygens (including phenoxy) is 1. The van der Waals surface area contributed by atoms with Crippen LogP contribution in [0.1, 0.15) is 20.3 Å². The van der Waals surface area contributed by atoms with E-state index in [1.165, 1.54) is 0 Å². The van der Waals surface area contributed by atoms with Crippen LogP contribution in [0, 0.1) is 5.92 Å². The highest BCUT2D eigenvalue weighted by atomic mass is 35.5. The summed E-state index contributed by atoms with van der Waals surface area (Å²) in [7, 11) is 0. The Kier molecular flexibility index (Phi) is 6.89. The molecule has 1 rings (SSSR count). The van der Waals surface area contributed by atoms with Crippen LogP contribution >= 0.6 is 12.4 Å². The van der Waals surface area contributed by atoms with Crippen molar-refractivity contribution < 1.29 is 9.53 Å². The second kappa shape index (κ2) is 7.04. The first-order chi connectivity index (χ1) is 6.61. The Morgan fingerprint density at radius 3 is 2.40 bits per heavy atom. The Morgan fingerprint density at radius 2 is 1.93 bits per heavy atom. The summed E-state index contributed by atoms with van der Waals surface area (Å²) in [6.07, 6.45) is 0.760. The van der Waals surface area contributed by atoms with E-state index >= 15 is 0 Å². The van der Waals surface area contributed by atoms with Gasteiger partial charge in [0.05, 0.1) is 19.3 Å². The van der Waals surface area contributed by atoms with Crippen LogP contribution in [0.3, 0.4) is 0 Å². The normalized spacial score (nSPS) is 18.5. The van der Waals surface area contributed by atoms with Crippen molar-refractivity contribution in [1.82, 2.24) is 4.90 Å². The van der Waals surface area contributed by atoms with E-state index in [2.05, 4.69) is 13.8 Å². The molecular formula is C10H21ClN2O2. The molecule has 90 valence electrons. The van der Waals surface area contributed by atoms with Crippen molar-refractivity contribution in [2.24, 2.45) is 11.7 Å². The highest BCUT2D eigenvalue weighted by Crippen LogP contribution is 2.07. The molecule has 1 aliphatic heterocycles. The molecule has 1 unspecified atom stereocenters. The topological polar surface area (TPSA) is 55.6 Å². The van der Waals surface area contributed by atoms with Gasteiger partial charge in [-0.3, -0.25) is 4.79 Å². The molecule has 0 bridgehead atoms. The first-order valence-electron chi connectivity index (χ1n) is 5.23. The predicted octanol–water partition coefficient (Wildman–Crippen LogP) is 0.640. The third-order valence-corrected chi connectivity index (χ3v) is 2.37. The van der Waals surface area contributed by atoms with Gasteiger partial charge in [-0.2, -0.15) is 0 Å². The molecule has 1 saturated heterocycles. The van der Waals surface area contributed by atoms with Gasteiger partial charge < -0.3 is 15.4 Å². The predicted molar refractivity (Wildman–Crippen MR) is 62.1 cm³/mol. The third kappa shape index (κ3) is 4.82. The van der Waals surface area contributed by atoms with Crippen molar-refractivity contribution in [3.05, 3.63) is 0 Å². The third-order valence-electron chi connectivity index (χ3n) is 2.37. The van der Waals surface area contributed by atoms with Gasteiger partial charge in [0.1, 0.15) is 0 Å². The van der Waals surface area contributed by atoms with E-state index in [0.29, 0.717) is 32.2 Å². The zero-order valence-electron chi connectivity index (χ0n) is 9.44. The van der Waals surface area contributed by atoms with Crippen LogP contribution < -0.4 is 5.73 Å². The van der Waals surface area contributed by atoms with Gasteiger partial charge in [0.2, 0.25) is 5.91 Å². The van der Waals surface area contributed by atoms with Crippen LogP contribution in [0.15, 0.2) is 0 Å². The summed E-state index contributed by atoms with van der Waals surface area (Å²) in [6.45, 7) is 6.80. The maximum absolute atomic E-state index is 11.8. The van der Waals surface area contributed by atoms with Crippen LogP contribution in [0.25, 0.3) is 0 Å². The van der Waals surface area contributed by atoms with E-state index in [-0.39, 0.29) is 24.4 Å². The van der Waals surface area contributed by atoms with Crippen molar-refractivity contribution >= 4 is 18.3 Å². The Bertz CT molecular complexity index is 194. The number of hydrogen-bond donors (Lipinski definition) is 1. The number of nitrogens with two attached hydrogens (primary N) is 1. The number of halogens is 1. The monoisotopic (exact) mass is 236 g/mol. The number of hydrogen-bond acceptors (Lipinski definition) is 3. The zero-order chi connectivity index (χ0) is 10.6. The fourth-order valence-corrected chi connectivity index (χ4v) is 1.63. The van der Waals surface area contributed by atoms with Crippen LogP contribution in [-0.2, 0) is 9.53 Å². The van der Waals surface area contributed by atoms with E-state index < -0.39 is 0 Å². The molecule has 0 radical (unpaired) electrons. The second-order valence-electron chi connectivity index (χ2n) is 4.17. The van der Waals surface area contributed by atoms with Gasteiger partial charge in [0.25, 0.3) is 0 Å². The molecule has 0 spiro atoms. The summed E-state index contributed by atoms with van der Waals surface area (Å²) in [5, 5.41) is 0. The molecule has 1 heterocycles. The minimum Gasteiger partial charge on any atom is -0.378 e. The average molecular weight is 237 g/mol. The summed E-state index contributed by atoms with van der Waals surface area (Å²) in [5.41, 5.74) is 5.82. The number of carbonyl (C=O) groups excluding carboxylic acids is 1. The molecule has 15 heavy (non-hydrogen) atoms. The minimum atomic E-state index is -0.340. The summed E-state index contributed by atoms with van der Waals surface area (Å²) < 4.78 is 5.18. The molecule has 1 amide bonds. The van der Waals surface area contributed by atoms with Crippen molar-refractivity contribution in [3.8, 4) is 0 Å². The Balaban J connectivity index is 0.00000196. The van der Waals surface area contributed by atoms with E-state index in [1.807, 2.05) is 0 Å². The van der Waals surface area contributed by atoms with Gasteiger partial charge in [-0.1, -0.05) is 13.8 Å². The van der Waals surface area contributed by atoms with Gasteiger partial charge >= 0.3 is 0 Å². The molecule has 0 saturated carbocycles. The minimum absolute atomic E-state index is 0. The smallest absolute Gasteiger partial charge is 0.239 e. The van der Waals surface area contributed by atoms with Gasteiger partial charge in [0, 0.05) is 13.1 Å². The molecule has 4 nitrogen and oxygen atoms in total. The zero-order valence-corrected chi connectivity index (χ0v) is 10.3. The summed E-state index contributed by atoms with van der Waals surface area (Å²) in [4.78, 5) is 13.6. The van der Waals surface area contributed by atoms with Crippen molar-refractivity contribution in [2.75, 3.05) is 26.3 Å². The number of morpholine rings is 1. The van der Waals surface area contributed by atoms with Gasteiger partial charge in [-0.15, -0.1) is 12.4 Å². The molecule has 0 aromatic rings. The van der Waals surface area contributed by atoms with E-state index in [4.69, 9.17) is 10.5 Å². The first kappa shape index (κ1) is 14.7. The fraction of sp³-hybridized carbons (Fsp3) is 0.900. The maximum atomic E-state index is 11.8. The van der Waals surface area contributed by atoms with E-state index in [0.717, 1.165) is 6.42 Å². The van der Waals surface area contributed by atoms with Crippen LogP contribution in [0.5, 0.6) is 0 Å². The van der Waals surface area contributed by atoms with E-state index in [1.54, 1.807) is 4.90 Å². The molecule has 0 aromatic heterocycles. The lowest BCUT2D eigenvalue weighted by Gasteiger charge is -2.29. The lowest BCUT2D eigenvalue weighted by atomic mass is 10.0. The molecular weight excluding hydrogens is 216 g/mol. The van der Waals surface area contributed by atoms with Gasteiger partial charge in [0.15, 0.2) is 0 Å². The SMILES string of the molecule is CC(C)CC(N)C(=O)N1CCOCC1.Cl. The fourth-order valence-electron chi connectivity index (χ4n) is 1.63. The molecule has 5 heteroatoms. The number of carbonyl (C=O) groups is 1. The van der Waals surface area contributed by atoms with Crippen molar-refractivity contribution in [2.45, 2.75) is 26.3 Å². The lowest BCUT2D eigenvalue weighted by Crippen LogP contribution is -2.48. The first-order valence-corrected chi connectivity index (χ1v) is 5.23. The summed E-state index contributed by atoms with van der Waals surface area (Å²) in [5.74, 6) is 0.539. The maximum Gasteiger partial charge on any atom is 0.239 e.